The van der Waals surface area contributed by atoms with Gasteiger partial charge >= 0.3 is 0 Å². The summed E-state index contributed by atoms with van der Waals surface area (Å²) in [7, 11) is 0. The maximum atomic E-state index is 11.0. The van der Waals surface area contributed by atoms with E-state index >= 15 is 0 Å². The molecule has 82 valence electrons. The predicted octanol–water partition coefficient (Wildman–Crippen LogP) is 1.28. The Bertz CT molecular complexity index is 361. The molecule has 1 aromatic rings. The number of carbonyl (C=O) groups is 1. The lowest BCUT2D eigenvalue weighted by molar-refractivity contribution is -0.127. The van der Waals surface area contributed by atoms with E-state index in [1.165, 1.54) is 0 Å². The van der Waals surface area contributed by atoms with Gasteiger partial charge in [0.05, 0.1) is 5.41 Å². The summed E-state index contributed by atoms with van der Waals surface area (Å²) in [6.07, 6.45) is 1.65. The summed E-state index contributed by atoms with van der Waals surface area (Å²) in [6.45, 7) is 5.63. The minimum absolute atomic E-state index is 0.236. The van der Waals surface area contributed by atoms with Crippen LogP contribution >= 0.6 is 0 Å². The summed E-state index contributed by atoms with van der Waals surface area (Å²) in [5.74, 6) is 0.169. The molecular formula is C11H16N2O2. The number of hydrogen-bond donors (Lipinski definition) is 1. The maximum Gasteiger partial charge on any atom is 0.226 e. The molecule has 0 bridgehead atoms. The molecule has 2 N–H and O–H groups in total. The van der Waals surface area contributed by atoms with Gasteiger partial charge < -0.3 is 10.5 Å². The van der Waals surface area contributed by atoms with E-state index in [1.807, 2.05) is 19.1 Å². The second-order valence-electron chi connectivity index (χ2n) is 4.16. The number of nitrogens with zero attached hydrogens (tertiary/aromatic N) is 1. The van der Waals surface area contributed by atoms with Crippen LogP contribution in [0.15, 0.2) is 18.3 Å². The van der Waals surface area contributed by atoms with Crippen LogP contribution in [-0.4, -0.2) is 17.5 Å². The van der Waals surface area contributed by atoms with Crippen LogP contribution in [0.3, 0.4) is 0 Å². The Labute approximate surface area is 89.5 Å². The van der Waals surface area contributed by atoms with Gasteiger partial charge in [-0.3, -0.25) is 4.79 Å². The Morgan fingerprint density at radius 2 is 2.27 bits per heavy atom. The fourth-order valence-electron chi connectivity index (χ4n) is 0.942. The molecule has 4 nitrogen and oxygen atoms in total. The van der Waals surface area contributed by atoms with Gasteiger partial charge in [-0.2, -0.15) is 0 Å². The number of hydrogen-bond acceptors (Lipinski definition) is 3. The molecule has 1 rings (SSSR count). The zero-order valence-electron chi connectivity index (χ0n) is 9.28. The van der Waals surface area contributed by atoms with Gasteiger partial charge in [0.2, 0.25) is 11.8 Å². The molecule has 0 aliphatic carbocycles. The van der Waals surface area contributed by atoms with Gasteiger partial charge in [0, 0.05) is 11.8 Å². The Morgan fingerprint density at radius 3 is 2.80 bits per heavy atom. The third kappa shape index (κ3) is 2.94. The van der Waals surface area contributed by atoms with E-state index in [0.29, 0.717) is 5.88 Å². The molecule has 0 unspecified atom stereocenters. The summed E-state index contributed by atoms with van der Waals surface area (Å²) >= 11 is 0. The number of primary amides is 1. The molecule has 0 saturated carbocycles. The SMILES string of the molecule is Cc1cccnc1OCC(C)(C)C(N)=O. The van der Waals surface area contributed by atoms with Crippen LogP contribution in [-0.2, 0) is 4.79 Å². The molecule has 1 amide bonds. The minimum atomic E-state index is -0.677. The molecule has 15 heavy (non-hydrogen) atoms. The molecule has 0 aliphatic heterocycles. The first kappa shape index (κ1) is 11.5. The number of amides is 1. The average molecular weight is 208 g/mol. The first-order valence-electron chi connectivity index (χ1n) is 4.78. The zero-order valence-corrected chi connectivity index (χ0v) is 9.28. The van der Waals surface area contributed by atoms with E-state index in [2.05, 4.69) is 4.98 Å². The molecular weight excluding hydrogens is 192 g/mol. The Balaban J connectivity index is 2.66. The smallest absolute Gasteiger partial charge is 0.226 e. The van der Waals surface area contributed by atoms with E-state index in [4.69, 9.17) is 10.5 Å². The topological polar surface area (TPSA) is 65.2 Å². The van der Waals surface area contributed by atoms with Gasteiger partial charge in [0.1, 0.15) is 6.61 Å². The molecule has 1 aromatic heterocycles. The van der Waals surface area contributed by atoms with Crippen molar-refractivity contribution in [3.8, 4) is 5.88 Å². The van der Waals surface area contributed by atoms with Crippen LogP contribution in [0.1, 0.15) is 19.4 Å². The summed E-state index contributed by atoms with van der Waals surface area (Å²) in [4.78, 5) is 15.1. The van der Waals surface area contributed by atoms with Crippen molar-refractivity contribution in [1.82, 2.24) is 4.98 Å². The molecule has 4 heteroatoms. The fourth-order valence-corrected chi connectivity index (χ4v) is 0.942. The van der Waals surface area contributed by atoms with Crippen molar-refractivity contribution >= 4 is 5.91 Å². The zero-order chi connectivity index (χ0) is 11.5. The van der Waals surface area contributed by atoms with Gasteiger partial charge in [0.15, 0.2) is 0 Å². The Hall–Kier alpha value is -1.58. The van der Waals surface area contributed by atoms with E-state index in [1.54, 1.807) is 20.0 Å². The van der Waals surface area contributed by atoms with Crippen molar-refractivity contribution in [3.05, 3.63) is 23.9 Å². The van der Waals surface area contributed by atoms with Gasteiger partial charge in [0.25, 0.3) is 0 Å². The monoisotopic (exact) mass is 208 g/mol. The maximum absolute atomic E-state index is 11.0. The second-order valence-corrected chi connectivity index (χ2v) is 4.16. The van der Waals surface area contributed by atoms with Crippen molar-refractivity contribution in [2.24, 2.45) is 11.1 Å². The molecule has 0 saturated heterocycles. The summed E-state index contributed by atoms with van der Waals surface area (Å²) < 4.78 is 5.45. The highest BCUT2D eigenvalue weighted by Crippen LogP contribution is 2.18. The number of aryl methyl sites for hydroxylation is 1. The van der Waals surface area contributed by atoms with Crippen LogP contribution in [0.5, 0.6) is 5.88 Å². The molecule has 0 spiro atoms. The lowest BCUT2D eigenvalue weighted by Gasteiger charge is -2.20. The third-order valence-corrected chi connectivity index (χ3v) is 2.20. The molecule has 0 aliphatic rings. The Morgan fingerprint density at radius 1 is 1.60 bits per heavy atom. The third-order valence-electron chi connectivity index (χ3n) is 2.20. The van der Waals surface area contributed by atoms with Crippen molar-refractivity contribution in [3.63, 3.8) is 0 Å². The van der Waals surface area contributed by atoms with Crippen molar-refractivity contribution in [2.45, 2.75) is 20.8 Å². The number of rotatable bonds is 4. The van der Waals surface area contributed by atoms with Gasteiger partial charge in [-0.25, -0.2) is 4.98 Å². The van der Waals surface area contributed by atoms with E-state index in [-0.39, 0.29) is 12.5 Å². The van der Waals surface area contributed by atoms with Crippen LogP contribution in [0, 0.1) is 12.3 Å². The second kappa shape index (κ2) is 4.29. The molecule has 1 heterocycles. The lowest BCUT2D eigenvalue weighted by Crippen LogP contribution is -2.36. The number of nitrogens with two attached hydrogens (primary N) is 1. The van der Waals surface area contributed by atoms with E-state index in [0.717, 1.165) is 5.56 Å². The number of pyridine rings is 1. The average Bonchev–Trinajstić information content (AvgIpc) is 2.16. The minimum Gasteiger partial charge on any atom is -0.476 e. The van der Waals surface area contributed by atoms with Crippen molar-refractivity contribution in [2.75, 3.05) is 6.61 Å². The molecule has 0 atom stereocenters. The quantitative estimate of drug-likeness (QED) is 0.810. The first-order chi connectivity index (χ1) is 6.93. The highest BCUT2D eigenvalue weighted by Gasteiger charge is 2.26. The van der Waals surface area contributed by atoms with Crippen molar-refractivity contribution < 1.29 is 9.53 Å². The fraction of sp³-hybridized carbons (Fsp3) is 0.455. The van der Waals surface area contributed by atoms with Gasteiger partial charge in [-0.05, 0) is 26.8 Å². The van der Waals surface area contributed by atoms with E-state index < -0.39 is 5.41 Å². The highest BCUT2D eigenvalue weighted by molar-refractivity contribution is 5.80. The van der Waals surface area contributed by atoms with Crippen LogP contribution in [0.4, 0.5) is 0 Å². The normalized spacial score (nSPS) is 11.1. The highest BCUT2D eigenvalue weighted by atomic mass is 16.5. The van der Waals surface area contributed by atoms with Crippen LogP contribution < -0.4 is 10.5 Å². The molecule has 0 fully saturated rings. The summed E-state index contributed by atoms with van der Waals surface area (Å²) in [6, 6.07) is 3.74. The van der Waals surface area contributed by atoms with Gasteiger partial charge in [-0.15, -0.1) is 0 Å². The van der Waals surface area contributed by atoms with Crippen molar-refractivity contribution in [1.29, 1.82) is 0 Å². The lowest BCUT2D eigenvalue weighted by atomic mass is 9.94. The summed E-state index contributed by atoms with van der Waals surface area (Å²) in [5, 5.41) is 0. The number of ether oxygens (including phenoxy) is 1. The summed E-state index contributed by atoms with van der Waals surface area (Å²) in [5.41, 5.74) is 5.50. The van der Waals surface area contributed by atoms with E-state index in [9.17, 15) is 4.79 Å². The Kier molecular flexibility index (Phi) is 3.29. The number of carbonyl (C=O) groups excluding carboxylic acids is 1. The predicted molar refractivity (Wildman–Crippen MR) is 57.4 cm³/mol. The molecule has 0 radical (unpaired) electrons. The van der Waals surface area contributed by atoms with Crippen LogP contribution in [0.25, 0.3) is 0 Å². The largest absolute Gasteiger partial charge is 0.476 e. The van der Waals surface area contributed by atoms with Crippen LogP contribution in [0.2, 0.25) is 0 Å². The number of aromatic nitrogens is 1. The van der Waals surface area contributed by atoms with Gasteiger partial charge in [-0.1, -0.05) is 6.07 Å². The first-order valence-corrected chi connectivity index (χ1v) is 4.78. The standard InChI is InChI=1S/C11H16N2O2/c1-8-5-4-6-13-9(8)15-7-11(2,3)10(12)14/h4-6H,7H2,1-3H3,(H2,12,14). The molecule has 0 aromatic carbocycles.